The highest BCUT2D eigenvalue weighted by Crippen LogP contribution is 2.16. The molecule has 0 spiro atoms. The Labute approximate surface area is 83.3 Å². The van der Waals surface area contributed by atoms with Gasteiger partial charge in [-0.3, -0.25) is 4.90 Å². The van der Waals surface area contributed by atoms with Crippen LogP contribution in [0.2, 0.25) is 0 Å². The molecule has 2 atom stereocenters. The van der Waals surface area contributed by atoms with E-state index in [1.807, 2.05) is 0 Å². The minimum absolute atomic E-state index is 0.342. The smallest absolute Gasteiger partial charge is 0.240 e. The standard InChI is InChI=1S/C9H16N4O/c1-7-4-13(3-2-8(7)10)5-9-11-6-12-14-9/h6-8H,2-5,10H2,1H3. The molecule has 1 aromatic heterocycles. The van der Waals surface area contributed by atoms with Gasteiger partial charge < -0.3 is 10.3 Å². The van der Waals surface area contributed by atoms with Crippen molar-refractivity contribution in [2.45, 2.75) is 25.9 Å². The van der Waals surface area contributed by atoms with Crippen LogP contribution in [0.4, 0.5) is 0 Å². The molecule has 1 saturated heterocycles. The second-order valence-corrected chi connectivity index (χ2v) is 4.00. The molecule has 2 heterocycles. The number of likely N-dealkylation sites (tertiary alicyclic amines) is 1. The van der Waals surface area contributed by atoms with E-state index in [1.165, 1.54) is 6.33 Å². The summed E-state index contributed by atoms with van der Waals surface area (Å²) in [6.45, 7) is 4.97. The molecule has 5 nitrogen and oxygen atoms in total. The molecule has 0 aliphatic carbocycles. The molecule has 0 bridgehead atoms. The minimum atomic E-state index is 0.342. The third-order valence-corrected chi connectivity index (χ3v) is 2.82. The van der Waals surface area contributed by atoms with Gasteiger partial charge in [-0.2, -0.15) is 4.98 Å². The van der Waals surface area contributed by atoms with Crippen molar-refractivity contribution in [3.63, 3.8) is 0 Å². The summed E-state index contributed by atoms with van der Waals surface area (Å²) >= 11 is 0. The van der Waals surface area contributed by atoms with Crippen LogP contribution in [0.1, 0.15) is 19.2 Å². The summed E-state index contributed by atoms with van der Waals surface area (Å²) in [5.41, 5.74) is 5.94. The monoisotopic (exact) mass is 196 g/mol. The van der Waals surface area contributed by atoms with Gasteiger partial charge in [0.15, 0.2) is 6.33 Å². The lowest BCUT2D eigenvalue weighted by Gasteiger charge is -2.34. The first-order chi connectivity index (χ1) is 6.75. The quantitative estimate of drug-likeness (QED) is 0.733. The summed E-state index contributed by atoms with van der Waals surface area (Å²) < 4.78 is 4.96. The van der Waals surface area contributed by atoms with Crippen LogP contribution < -0.4 is 5.73 Å². The van der Waals surface area contributed by atoms with E-state index in [0.29, 0.717) is 17.9 Å². The third kappa shape index (κ3) is 2.10. The van der Waals surface area contributed by atoms with Gasteiger partial charge in [0.25, 0.3) is 0 Å². The van der Waals surface area contributed by atoms with E-state index in [9.17, 15) is 0 Å². The predicted molar refractivity (Wildman–Crippen MR) is 51.3 cm³/mol. The molecule has 14 heavy (non-hydrogen) atoms. The van der Waals surface area contributed by atoms with Crippen molar-refractivity contribution in [2.24, 2.45) is 11.7 Å². The lowest BCUT2D eigenvalue weighted by atomic mass is 9.95. The van der Waals surface area contributed by atoms with Gasteiger partial charge >= 0.3 is 0 Å². The molecule has 0 saturated carbocycles. The Morgan fingerprint density at radius 1 is 1.71 bits per heavy atom. The van der Waals surface area contributed by atoms with Crippen LogP contribution in [-0.4, -0.2) is 34.2 Å². The zero-order valence-corrected chi connectivity index (χ0v) is 8.39. The van der Waals surface area contributed by atoms with E-state index in [1.54, 1.807) is 0 Å². The van der Waals surface area contributed by atoms with Crippen molar-refractivity contribution in [1.29, 1.82) is 0 Å². The van der Waals surface area contributed by atoms with Crippen molar-refractivity contribution in [2.75, 3.05) is 13.1 Å². The molecule has 2 rings (SSSR count). The van der Waals surface area contributed by atoms with Gasteiger partial charge in [0.1, 0.15) is 0 Å². The maximum atomic E-state index is 5.94. The average Bonchev–Trinajstić information content (AvgIpc) is 2.64. The van der Waals surface area contributed by atoms with E-state index < -0.39 is 0 Å². The number of rotatable bonds is 2. The molecular formula is C9H16N4O. The first kappa shape index (κ1) is 9.61. The van der Waals surface area contributed by atoms with Gasteiger partial charge in [0, 0.05) is 19.1 Å². The van der Waals surface area contributed by atoms with Crippen molar-refractivity contribution >= 4 is 0 Å². The van der Waals surface area contributed by atoms with E-state index in [-0.39, 0.29) is 0 Å². The predicted octanol–water partition coefficient (Wildman–Crippen LogP) is 0.239. The van der Waals surface area contributed by atoms with Crippen LogP contribution in [-0.2, 0) is 6.54 Å². The molecule has 2 N–H and O–H groups in total. The zero-order chi connectivity index (χ0) is 9.97. The SMILES string of the molecule is CC1CN(Cc2ncno2)CCC1N. The molecule has 0 radical (unpaired) electrons. The van der Waals surface area contributed by atoms with Gasteiger partial charge in [0.05, 0.1) is 6.54 Å². The highest BCUT2D eigenvalue weighted by atomic mass is 16.5. The summed E-state index contributed by atoms with van der Waals surface area (Å²) in [5.74, 6) is 1.24. The first-order valence-corrected chi connectivity index (χ1v) is 4.99. The van der Waals surface area contributed by atoms with Crippen molar-refractivity contribution in [3.8, 4) is 0 Å². The average molecular weight is 196 g/mol. The molecule has 1 aliphatic heterocycles. The summed E-state index contributed by atoms with van der Waals surface area (Å²) in [6.07, 6.45) is 2.49. The van der Waals surface area contributed by atoms with Crippen LogP contribution >= 0.6 is 0 Å². The Balaban J connectivity index is 1.88. The van der Waals surface area contributed by atoms with Crippen LogP contribution in [0.25, 0.3) is 0 Å². The summed E-state index contributed by atoms with van der Waals surface area (Å²) in [5, 5.41) is 3.58. The van der Waals surface area contributed by atoms with Crippen molar-refractivity contribution in [1.82, 2.24) is 15.0 Å². The second kappa shape index (κ2) is 4.06. The van der Waals surface area contributed by atoms with E-state index in [4.69, 9.17) is 10.3 Å². The Kier molecular flexibility index (Phi) is 2.79. The van der Waals surface area contributed by atoms with E-state index >= 15 is 0 Å². The lowest BCUT2D eigenvalue weighted by molar-refractivity contribution is 0.142. The third-order valence-electron chi connectivity index (χ3n) is 2.82. The Morgan fingerprint density at radius 3 is 3.21 bits per heavy atom. The Hall–Kier alpha value is -0.940. The molecule has 1 aromatic rings. The van der Waals surface area contributed by atoms with Gasteiger partial charge in [-0.05, 0) is 12.3 Å². The fourth-order valence-electron chi connectivity index (χ4n) is 1.85. The van der Waals surface area contributed by atoms with Crippen LogP contribution in [0.15, 0.2) is 10.9 Å². The van der Waals surface area contributed by atoms with Crippen molar-refractivity contribution in [3.05, 3.63) is 12.2 Å². The lowest BCUT2D eigenvalue weighted by Crippen LogP contribution is -2.45. The highest BCUT2D eigenvalue weighted by Gasteiger charge is 2.23. The number of piperidine rings is 1. The number of hydrogen-bond donors (Lipinski definition) is 1. The fraction of sp³-hybridized carbons (Fsp3) is 0.778. The Bertz CT molecular complexity index is 274. The fourth-order valence-corrected chi connectivity index (χ4v) is 1.85. The highest BCUT2D eigenvalue weighted by molar-refractivity contribution is 4.83. The van der Waals surface area contributed by atoms with Crippen molar-refractivity contribution < 1.29 is 4.52 Å². The van der Waals surface area contributed by atoms with E-state index in [2.05, 4.69) is 22.0 Å². The molecule has 2 unspecified atom stereocenters. The number of aromatic nitrogens is 2. The maximum Gasteiger partial charge on any atom is 0.240 e. The van der Waals surface area contributed by atoms with Gasteiger partial charge in [-0.1, -0.05) is 12.1 Å². The molecular weight excluding hydrogens is 180 g/mol. The molecule has 78 valence electrons. The number of hydrogen-bond acceptors (Lipinski definition) is 5. The van der Waals surface area contributed by atoms with Gasteiger partial charge in [0.2, 0.25) is 5.89 Å². The van der Waals surface area contributed by atoms with E-state index in [0.717, 1.165) is 26.1 Å². The first-order valence-electron chi connectivity index (χ1n) is 4.99. The molecule has 1 fully saturated rings. The number of nitrogens with two attached hydrogens (primary N) is 1. The Morgan fingerprint density at radius 2 is 2.57 bits per heavy atom. The second-order valence-electron chi connectivity index (χ2n) is 4.00. The van der Waals surface area contributed by atoms with Gasteiger partial charge in [-0.25, -0.2) is 0 Å². The topological polar surface area (TPSA) is 68.2 Å². The van der Waals surface area contributed by atoms with Crippen LogP contribution in [0, 0.1) is 5.92 Å². The largest absolute Gasteiger partial charge is 0.338 e. The van der Waals surface area contributed by atoms with Crippen LogP contribution in [0.3, 0.4) is 0 Å². The number of nitrogens with zero attached hydrogens (tertiary/aromatic N) is 3. The normalized spacial score (nSPS) is 29.3. The summed E-state index contributed by atoms with van der Waals surface area (Å²) in [7, 11) is 0. The molecule has 5 heteroatoms. The summed E-state index contributed by atoms with van der Waals surface area (Å²) in [4.78, 5) is 6.31. The zero-order valence-electron chi connectivity index (χ0n) is 8.39. The maximum absolute atomic E-state index is 5.94. The molecule has 1 aliphatic rings. The van der Waals surface area contributed by atoms with Gasteiger partial charge in [-0.15, -0.1) is 0 Å². The molecule has 0 aromatic carbocycles. The minimum Gasteiger partial charge on any atom is -0.338 e. The van der Waals surface area contributed by atoms with Crippen LogP contribution in [0.5, 0.6) is 0 Å². The molecule has 0 amide bonds. The summed E-state index contributed by atoms with van der Waals surface area (Å²) in [6, 6.07) is 0.342.